The van der Waals surface area contributed by atoms with E-state index in [0.717, 1.165) is 0 Å². The standard InChI is InChI=1S/C8H11ClN2O/c9-8-5(6(11)4-10)2-1-3-7(8)12/h1-3,6,12H,4,10-11H2/t6-/m1/s1. The largest absolute Gasteiger partial charge is 0.506 e. The van der Waals surface area contributed by atoms with Crippen LogP contribution in [0.25, 0.3) is 0 Å². The summed E-state index contributed by atoms with van der Waals surface area (Å²) >= 11 is 5.78. The van der Waals surface area contributed by atoms with E-state index in [1.54, 1.807) is 12.1 Å². The molecule has 0 aliphatic heterocycles. The van der Waals surface area contributed by atoms with Crippen molar-refractivity contribution in [2.75, 3.05) is 6.54 Å². The summed E-state index contributed by atoms with van der Waals surface area (Å²) < 4.78 is 0. The number of hydrogen-bond acceptors (Lipinski definition) is 3. The molecule has 12 heavy (non-hydrogen) atoms. The van der Waals surface area contributed by atoms with E-state index >= 15 is 0 Å². The van der Waals surface area contributed by atoms with Gasteiger partial charge in [-0.1, -0.05) is 23.7 Å². The summed E-state index contributed by atoms with van der Waals surface area (Å²) in [6.07, 6.45) is 0. The molecule has 5 N–H and O–H groups in total. The van der Waals surface area contributed by atoms with E-state index in [2.05, 4.69) is 0 Å². The Morgan fingerprint density at radius 2 is 2.17 bits per heavy atom. The van der Waals surface area contributed by atoms with Gasteiger partial charge in [0.25, 0.3) is 0 Å². The Balaban J connectivity index is 3.07. The number of hydrogen-bond donors (Lipinski definition) is 3. The highest BCUT2D eigenvalue weighted by atomic mass is 35.5. The fourth-order valence-corrected chi connectivity index (χ4v) is 1.22. The van der Waals surface area contributed by atoms with Crippen molar-refractivity contribution >= 4 is 11.6 Å². The van der Waals surface area contributed by atoms with E-state index in [1.165, 1.54) is 6.07 Å². The first-order valence-corrected chi connectivity index (χ1v) is 3.97. The Bertz CT molecular complexity index is 278. The molecular weight excluding hydrogens is 176 g/mol. The molecule has 0 fully saturated rings. The lowest BCUT2D eigenvalue weighted by atomic mass is 10.1. The second-order valence-electron chi connectivity index (χ2n) is 2.52. The molecule has 0 aliphatic carbocycles. The van der Waals surface area contributed by atoms with Gasteiger partial charge in [0.2, 0.25) is 0 Å². The summed E-state index contributed by atoms with van der Waals surface area (Å²) in [5.74, 6) is 0.0399. The van der Waals surface area contributed by atoms with Gasteiger partial charge in [-0.15, -0.1) is 0 Å². The number of nitrogens with two attached hydrogens (primary N) is 2. The van der Waals surface area contributed by atoms with Crippen molar-refractivity contribution in [2.24, 2.45) is 11.5 Å². The molecule has 0 bridgehead atoms. The van der Waals surface area contributed by atoms with Gasteiger partial charge >= 0.3 is 0 Å². The van der Waals surface area contributed by atoms with Gasteiger partial charge in [0, 0.05) is 12.6 Å². The first-order chi connectivity index (χ1) is 5.66. The second kappa shape index (κ2) is 3.76. The third-order valence-electron chi connectivity index (χ3n) is 1.66. The monoisotopic (exact) mass is 186 g/mol. The van der Waals surface area contributed by atoms with Crippen LogP contribution < -0.4 is 11.5 Å². The Hall–Kier alpha value is -0.770. The van der Waals surface area contributed by atoms with Crippen molar-refractivity contribution in [3.63, 3.8) is 0 Å². The number of halogens is 1. The predicted molar refractivity (Wildman–Crippen MR) is 49.1 cm³/mol. The van der Waals surface area contributed by atoms with Gasteiger partial charge in [-0.3, -0.25) is 0 Å². The predicted octanol–water partition coefficient (Wildman–Crippen LogP) is 1.00. The van der Waals surface area contributed by atoms with Crippen LogP contribution in [0.15, 0.2) is 18.2 Å². The summed E-state index contributed by atoms with van der Waals surface area (Å²) in [6, 6.07) is 4.63. The van der Waals surface area contributed by atoms with Gasteiger partial charge < -0.3 is 16.6 Å². The van der Waals surface area contributed by atoms with Crippen LogP contribution in [0.1, 0.15) is 11.6 Å². The SMILES string of the molecule is NC[C@@H](N)c1cccc(O)c1Cl. The quantitative estimate of drug-likeness (QED) is 0.646. The highest BCUT2D eigenvalue weighted by Gasteiger charge is 2.10. The first-order valence-electron chi connectivity index (χ1n) is 3.60. The van der Waals surface area contributed by atoms with Gasteiger partial charge in [-0.2, -0.15) is 0 Å². The smallest absolute Gasteiger partial charge is 0.134 e. The fourth-order valence-electron chi connectivity index (χ4n) is 0.950. The van der Waals surface area contributed by atoms with Crippen LogP contribution >= 0.6 is 11.6 Å². The average molecular weight is 187 g/mol. The average Bonchev–Trinajstić information content (AvgIpc) is 2.08. The van der Waals surface area contributed by atoms with Crippen LogP contribution in [0.2, 0.25) is 5.02 Å². The molecule has 1 aromatic rings. The van der Waals surface area contributed by atoms with E-state index < -0.39 is 0 Å². The summed E-state index contributed by atoms with van der Waals surface area (Å²) in [4.78, 5) is 0. The maximum Gasteiger partial charge on any atom is 0.134 e. The zero-order valence-corrected chi connectivity index (χ0v) is 7.25. The highest BCUT2D eigenvalue weighted by molar-refractivity contribution is 6.32. The topological polar surface area (TPSA) is 72.3 Å². The van der Waals surface area contributed by atoms with Crippen molar-refractivity contribution in [1.29, 1.82) is 0 Å². The lowest BCUT2D eigenvalue weighted by Crippen LogP contribution is -2.20. The molecule has 3 nitrogen and oxygen atoms in total. The summed E-state index contributed by atoms with van der Waals surface area (Å²) in [5, 5.41) is 9.50. The lowest BCUT2D eigenvalue weighted by Gasteiger charge is -2.11. The van der Waals surface area contributed by atoms with Gasteiger partial charge in [0.1, 0.15) is 5.75 Å². The summed E-state index contributed by atoms with van der Waals surface area (Å²) in [7, 11) is 0. The van der Waals surface area contributed by atoms with Crippen molar-refractivity contribution in [3.05, 3.63) is 28.8 Å². The van der Waals surface area contributed by atoms with Crippen molar-refractivity contribution in [3.8, 4) is 5.75 Å². The second-order valence-corrected chi connectivity index (χ2v) is 2.90. The Kier molecular flexibility index (Phi) is 2.92. The van der Waals surface area contributed by atoms with Gasteiger partial charge in [-0.25, -0.2) is 0 Å². The maximum atomic E-state index is 9.22. The number of benzene rings is 1. The molecule has 0 saturated heterocycles. The minimum Gasteiger partial charge on any atom is -0.506 e. The van der Waals surface area contributed by atoms with Crippen molar-refractivity contribution < 1.29 is 5.11 Å². The number of aromatic hydroxyl groups is 1. The van der Waals surface area contributed by atoms with Crippen LogP contribution in [0.3, 0.4) is 0 Å². The van der Waals surface area contributed by atoms with E-state index in [9.17, 15) is 5.11 Å². The van der Waals surface area contributed by atoms with Gasteiger partial charge in [0.15, 0.2) is 0 Å². The highest BCUT2D eigenvalue weighted by Crippen LogP contribution is 2.29. The van der Waals surface area contributed by atoms with Crippen LogP contribution in [0, 0.1) is 0 Å². The zero-order chi connectivity index (χ0) is 9.14. The van der Waals surface area contributed by atoms with Crippen LogP contribution in [-0.4, -0.2) is 11.7 Å². The lowest BCUT2D eigenvalue weighted by molar-refractivity contribution is 0.474. The van der Waals surface area contributed by atoms with Crippen molar-refractivity contribution in [1.82, 2.24) is 0 Å². The van der Waals surface area contributed by atoms with Gasteiger partial charge in [0.05, 0.1) is 5.02 Å². The normalized spacial score (nSPS) is 12.9. The Labute approximate surface area is 75.9 Å². The summed E-state index contributed by atoms with van der Waals surface area (Å²) in [5.41, 5.74) is 11.7. The zero-order valence-electron chi connectivity index (χ0n) is 6.50. The fraction of sp³-hybridized carbons (Fsp3) is 0.250. The van der Waals surface area contributed by atoms with Crippen LogP contribution in [0.4, 0.5) is 0 Å². The molecule has 0 aliphatic rings. The van der Waals surface area contributed by atoms with Gasteiger partial charge in [-0.05, 0) is 11.6 Å². The minimum atomic E-state index is -0.315. The van der Waals surface area contributed by atoms with E-state index in [0.29, 0.717) is 12.1 Å². The molecule has 0 radical (unpaired) electrons. The molecule has 0 saturated carbocycles. The number of phenols is 1. The Morgan fingerprint density at radius 3 is 2.75 bits per heavy atom. The van der Waals surface area contributed by atoms with Crippen LogP contribution in [0.5, 0.6) is 5.75 Å². The molecular formula is C8H11ClN2O. The van der Waals surface area contributed by atoms with Crippen LogP contribution in [-0.2, 0) is 0 Å². The first kappa shape index (κ1) is 9.32. The van der Waals surface area contributed by atoms with E-state index in [-0.39, 0.29) is 16.8 Å². The number of rotatable bonds is 2. The molecule has 0 aromatic heterocycles. The minimum absolute atomic E-state index is 0.0399. The molecule has 0 unspecified atom stereocenters. The third-order valence-corrected chi connectivity index (χ3v) is 2.07. The van der Waals surface area contributed by atoms with E-state index in [1.807, 2.05) is 0 Å². The maximum absolute atomic E-state index is 9.22. The molecule has 4 heteroatoms. The third kappa shape index (κ3) is 1.69. The van der Waals surface area contributed by atoms with Crippen molar-refractivity contribution in [2.45, 2.75) is 6.04 Å². The molecule has 1 atom stereocenters. The molecule has 1 rings (SSSR count). The molecule has 1 aromatic carbocycles. The summed E-state index contributed by atoms with van der Waals surface area (Å²) in [6.45, 7) is 0.309. The molecule has 66 valence electrons. The molecule has 0 spiro atoms. The molecule has 0 heterocycles. The molecule has 0 amide bonds. The van der Waals surface area contributed by atoms with E-state index in [4.69, 9.17) is 23.1 Å². The Morgan fingerprint density at radius 1 is 1.50 bits per heavy atom. The number of phenolic OH excluding ortho intramolecular Hbond substituents is 1.